The van der Waals surface area contributed by atoms with Crippen LogP contribution in [0.15, 0.2) is 17.5 Å². The molecule has 0 aliphatic carbocycles. The first-order valence-electron chi connectivity index (χ1n) is 10.9. The fourth-order valence-electron chi connectivity index (χ4n) is 4.55. The number of fused-ring (bicyclic) bond motifs is 1. The summed E-state index contributed by atoms with van der Waals surface area (Å²) < 4.78 is 7.34. The van der Waals surface area contributed by atoms with Crippen molar-refractivity contribution < 1.29 is 9.53 Å². The lowest BCUT2D eigenvalue weighted by Gasteiger charge is -2.34. The number of nitrogens with one attached hydrogen (secondary N) is 1. The van der Waals surface area contributed by atoms with Crippen molar-refractivity contribution in [3.05, 3.63) is 44.9 Å². The Bertz CT molecular complexity index is 1050. The van der Waals surface area contributed by atoms with E-state index in [9.17, 15) is 4.79 Å². The minimum Gasteiger partial charge on any atom is -0.379 e. The van der Waals surface area contributed by atoms with Gasteiger partial charge in [-0.25, -0.2) is 4.98 Å². The van der Waals surface area contributed by atoms with Crippen LogP contribution in [0.3, 0.4) is 0 Å². The van der Waals surface area contributed by atoms with Crippen molar-refractivity contribution >= 4 is 28.3 Å². The summed E-state index contributed by atoms with van der Waals surface area (Å²) in [6.07, 6.45) is 1.14. The summed E-state index contributed by atoms with van der Waals surface area (Å²) in [6, 6.07) is 4.43. The number of pyridine rings is 1. The zero-order valence-corrected chi connectivity index (χ0v) is 19.6. The Balaban J connectivity index is 1.41. The normalized spacial score (nSPS) is 16.0. The van der Waals surface area contributed by atoms with Gasteiger partial charge in [0.2, 0.25) is 5.91 Å². The molecule has 1 aliphatic rings. The maximum absolute atomic E-state index is 12.7. The van der Waals surface area contributed by atoms with E-state index in [1.807, 2.05) is 25.6 Å². The zero-order chi connectivity index (χ0) is 22.0. The smallest absolute Gasteiger partial charge is 0.220 e. The predicted molar refractivity (Wildman–Crippen MR) is 124 cm³/mol. The molecule has 1 aliphatic heterocycles. The molecule has 1 amide bonds. The van der Waals surface area contributed by atoms with E-state index in [1.165, 1.54) is 10.4 Å². The highest BCUT2D eigenvalue weighted by Crippen LogP contribution is 2.27. The second-order valence-corrected chi connectivity index (χ2v) is 9.17. The SMILES string of the molecule is Cc1nc2c(c(C)nn2C)c(C)c1CCC(=O)NC[C@@H](c1cccs1)N1CCOCC1. The summed E-state index contributed by atoms with van der Waals surface area (Å²) in [4.78, 5) is 21.2. The Morgan fingerprint density at radius 1 is 1.26 bits per heavy atom. The third-order valence-corrected chi connectivity index (χ3v) is 7.16. The van der Waals surface area contributed by atoms with Crippen LogP contribution >= 0.6 is 11.3 Å². The quantitative estimate of drug-likeness (QED) is 0.610. The van der Waals surface area contributed by atoms with Crippen LogP contribution in [0.25, 0.3) is 11.0 Å². The highest BCUT2D eigenvalue weighted by atomic mass is 32.1. The minimum absolute atomic E-state index is 0.0802. The first kappa shape index (κ1) is 21.9. The number of hydrogen-bond acceptors (Lipinski definition) is 6. The molecular weight excluding hydrogens is 410 g/mol. The second kappa shape index (κ2) is 9.46. The summed E-state index contributed by atoms with van der Waals surface area (Å²) in [6.45, 7) is 10.1. The van der Waals surface area contributed by atoms with Gasteiger partial charge in [0.1, 0.15) is 0 Å². The van der Waals surface area contributed by atoms with Gasteiger partial charge in [-0.15, -0.1) is 11.3 Å². The highest BCUT2D eigenvalue weighted by Gasteiger charge is 2.24. The average Bonchev–Trinajstić information content (AvgIpc) is 3.37. The van der Waals surface area contributed by atoms with Crippen LogP contribution in [0, 0.1) is 20.8 Å². The van der Waals surface area contributed by atoms with Crippen LogP contribution < -0.4 is 5.32 Å². The van der Waals surface area contributed by atoms with Gasteiger partial charge < -0.3 is 10.1 Å². The molecule has 3 aromatic rings. The van der Waals surface area contributed by atoms with Crippen LogP contribution in [0.5, 0.6) is 0 Å². The minimum atomic E-state index is 0.0802. The van der Waals surface area contributed by atoms with Crippen molar-refractivity contribution in [3.8, 4) is 0 Å². The Hall–Kier alpha value is -2.29. The zero-order valence-electron chi connectivity index (χ0n) is 18.8. The van der Waals surface area contributed by atoms with Gasteiger partial charge in [-0.2, -0.15) is 5.10 Å². The topological polar surface area (TPSA) is 72.3 Å². The molecule has 0 radical (unpaired) electrons. The largest absolute Gasteiger partial charge is 0.379 e. The molecule has 1 atom stereocenters. The van der Waals surface area contributed by atoms with Crippen molar-refractivity contribution in [1.29, 1.82) is 0 Å². The standard InChI is InChI=1S/C23H31N5O2S/c1-15-18(16(2)25-23-22(15)17(3)26-27(23)4)7-8-21(29)24-14-19(20-6-5-13-31-20)28-9-11-30-12-10-28/h5-6,13,19H,7-12,14H2,1-4H3,(H,24,29)/t19-/m0/s1. The first-order valence-corrected chi connectivity index (χ1v) is 11.7. The predicted octanol–water partition coefficient (Wildman–Crippen LogP) is 3.08. The Morgan fingerprint density at radius 2 is 2.03 bits per heavy atom. The van der Waals surface area contributed by atoms with E-state index in [1.54, 1.807) is 11.3 Å². The lowest BCUT2D eigenvalue weighted by atomic mass is 9.99. The molecule has 1 N–H and O–H groups in total. The number of hydrogen-bond donors (Lipinski definition) is 1. The van der Waals surface area contributed by atoms with Crippen molar-refractivity contribution in [3.63, 3.8) is 0 Å². The van der Waals surface area contributed by atoms with E-state index < -0.39 is 0 Å². The molecule has 7 nitrogen and oxygen atoms in total. The van der Waals surface area contributed by atoms with Gasteiger partial charge in [0.25, 0.3) is 0 Å². The average molecular weight is 442 g/mol. The first-order chi connectivity index (χ1) is 15.0. The molecule has 4 heterocycles. The van der Waals surface area contributed by atoms with E-state index in [0.717, 1.165) is 54.3 Å². The highest BCUT2D eigenvalue weighted by molar-refractivity contribution is 7.10. The summed E-state index contributed by atoms with van der Waals surface area (Å²) in [5.74, 6) is 0.0802. The van der Waals surface area contributed by atoms with Crippen LogP contribution in [-0.4, -0.2) is 58.4 Å². The van der Waals surface area contributed by atoms with Crippen LogP contribution in [0.1, 0.15) is 39.9 Å². The van der Waals surface area contributed by atoms with Gasteiger partial charge >= 0.3 is 0 Å². The summed E-state index contributed by atoms with van der Waals surface area (Å²) in [7, 11) is 1.92. The van der Waals surface area contributed by atoms with E-state index in [2.05, 4.69) is 39.8 Å². The molecule has 0 bridgehead atoms. The number of aryl methyl sites for hydroxylation is 4. The molecule has 0 aromatic carbocycles. The molecule has 31 heavy (non-hydrogen) atoms. The number of carbonyl (C=O) groups is 1. The number of ether oxygens (including phenoxy) is 1. The van der Waals surface area contributed by atoms with Crippen LogP contribution in [0.2, 0.25) is 0 Å². The molecule has 166 valence electrons. The Morgan fingerprint density at radius 3 is 2.74 bits per heavy atom. The maximum atomic E-state index is 12.7. The number of amides is 1. The third kappa shape index (κ3) is 4.66. The van der Waals surface area contributed by atoms with E-state index in [-0.39, 0.29) is 11.9 Å². The van der Waals surface area contributed by atoms with Crippen molar-refractivity contribution in [2.75, 3.05) is 32.8 Å². The number of carbonyl (C=O) groups excluding carboxylic acids is 1. The lowest BCUT2D eigenvalue weighted by Crippen LogP contribution is -2.43. The van der Waals surface area contributed by atoms with Gasteiger partial charge in [0.05, 0.1) is 24.9 Å². The fourth-order valence-corrected chi connectivity index (χ4v) is 5.41. The maximum Gasteiger partial charge on any atom is 0.220 e. The number of nitrogens with zero attached hydrogens (tertiary/aromatic N) is 4. The van der Waals surface area contributed by atoms with Crippen LogP contribution in [0.4, 0.5) is 0 Å². The number of rotatable bonds is 7. The van der Waals surface area contributed by atoms with E-state index in [4.69, 9.17) is 9.72 Å². The van der Waals surface area contributed by atoms with E-state index >= 15 is 0 Å². The van der Waals surface area contributed by atoms with Crippen LogP contribution in [-0.2, 0) is 23.0 Å². The fraction of sp³-hybridized carbons (Fsp3) is 0.522. The van der Waals surface area contributed by atoms with Gasteiger partial charge in [0, 0.05) is 49.1 Å². The van der Waals surface area contributed by atoms with Gasteiger partial charge in [0.15, 0.2) is 5.65 Å². The molecule has 0 unspecified atom stereocenters. The molecule has 4 rings (SSSR count). The van der Waals surface area contributed by atoms with Gasteiger partial charge in [-0.05, 0) is 49.8 Å². The molecule has 1 saturated heterocycles. The second-order valence-electron chi connectivity index (χ2n) is 8.19. The van der Waals surface area contributed by atoms with Crippen molar-refractivity contribution in [2.45, 2.75) is 39.7 Å². The summed E-state index contributed by atoms with van der Waals surface area (Å²) in [5.41, 5.74) is 5.21. The molecule has 1 fully saturated rings. The van der Waals surface area contributed by atoms with Gasteiger partial charge in [-0.1, -0.05) is 6.07 Å². The number of aromatic nitrogens is 3. The lowest BCUT2D eigenvalue weighted by molar-refractivity contribution is -0.121. The summed E-state index contributed by atoms with van der Waals surface area (Å²) in [5, 5.41) is 10.9. The number of thiophene rings is 1. The third-order valence-electron chi connectivity index (χ3n) is 6.18. The molecule has 8 heteroatoms. The molecular formula is C23H31N5O2S. The number of morpholine rings is 1. The van der Waals surface area contributed by atoms with Crippen molar-refractivity contribution in [2.24, 2.45) is 7.05 Å². The van der Waals surface area contributed by atoms with Crippen molar-refractivity contribution in [1.82, 2.24) is 25.0 Å². The molecule has 3 aromatic heterocycles. The Kier molecular flexibility index (Phi) is 6.69. The molecule has 0 spiro atoms. The van der Waals surface area contributed by atoms with Gasteiger partial charge in [-0.3, -0.25) is 14.4 Å². The summed E-state index contributed by atoms with van der Waals surface area (Å²) >= 11 is 1.74. The van der Waals surface area contributed by atoms with E-state index in [0.29, 0.717) is 19.4 Å². The molecule has 0 saturated carbocycles. The monoisotopic (exact) mass is 441 g/mol. The Labute approximate surface area is 187 Å².